The molecule has 0 aliphatic carbocycles. The van der Waals surface area contributed by atoms with E-state index in [1.165, 1.54) is 12.1 Å². The third-order valence-corrected chi connectivity index (χ3v) is 6.25. The molecule has 0 radical (unpaired) electrons. The van der Waals surface area contributed by atoms with Crippen LogP contribution in [0.1, 0.15) is 36.9 Å². The quantitative estimate of drug-likeness (QED) is 0.355. The number of anilines is 1. The van der Waals surface area contributed by atoms with Crippen LogP contribution in [-0.4, -0.2) is 23.3 Å². The van der Waals surface area contributed by atoms with Gasteiger partial charge in [0.25, 0.3) is 5.89 Å². The van der Waals surface area contributed by atoms with Crippen LogP contribution < -0.4 is 15.0 Å². The maximum Gasteiger partial charge on any atom is 0.326 e. The van der Waals surface area contributed by atoms with Crippen molar-refractivity contribution in [2.24, 2.45) is 0 Å². The first-order valence-electron chi connectivity index (χ1n) is 11.6. The minimum Gasteiger partial charge on any atom is -0.497 e. The van der Waals surface area contributed by atoms with E-state index >= 15 is 0 Å². The Labute approximate surface area is 208 Å². The molecule has 182 valence electrons. The number of nitrogens with zero attached hydrogens (tertiary/aromatic N) is 3. The fraction of sp³-hybridized carbons (Fsp3) is 0.179. The number of carbonyl (C=O) groups is 1. The topological polar surface area (TPSA) is 80.5 Å². The molecule has 4 aromatic rings. The zero-order chi connectivity index (χ0) is 25.2. The second kappa shape index (κ2) is 9.65. The molecule has 1 aliphatic heterocycles. The summed E-state index contributed by atoms with van der Waals surface area (Å²) >= 11 is 0. The van der Waals surface area contributed by atoms with Crippen LogP contribution in [0.25, 0.3) is 17.0 Å². The summed E-state index contributed by atoms with van der Waals surface area (Å²) in [6.45, 7) is 3.89. The molecule has 1 aliphatic rings. The highest BCUT2D eigenvalue weighted by molar-refractivity contribution is 6.01. The lowest BCUT2D eigenvalue weighted by Crippen LogP contribution is -2.46. The molecule has 2 heterocycles. The molecule has 7 nitrogen and oxygen atoms in total. The lowest BCUT2D eigenvalue weighted by atomic mass is 9.94. The van der Waals surface area contributed by atoms with Crippen molar-refractivity contribution in [1.82, 2.24) is 15.5 Å². The molecular weight excluding hydrogens is 459 g/mol. The van der Waals surface area contributed by atoms with Gasteiger partial charge in [-0.1, -0.05) is 36.3 Å². The number of methoxy groups -OCH3 is 1. The van der Waals surface area contributed by atoms with Gasteiger partial charge in [-0.25, -0.2) is 9.18 Å². The van der Waals surface area contributed by atoms with E-state index in [9.17, 15) is 9.18 Å². The average molecular weight is 485 g/mol. The standard InChI is InChI=1S/C28H25FN4O3/c1-4-18-7-5-10-22(15-18)33-17(2)24(25(30-28(33)34)20-8-6-9-21(29)16-20)27-31-26(32-36-27)19-11-13-23(35-3)14-12-19/h5-16,25H,4H2,1-3H3,(H,30,34). The van der Waals surface area contributed by atoms with Crippen molar-refractivity contribution >= 4 is 17.3 Å². The molecule has 1 unspecified atom stereocenters. The number of hydrogen-bond acceptors (Lipinski definition) is 5. The number of aryl methyl sites for hydroxylation is 1. The van der Waals surface area contributed by atoms with Crippen molar-refractivity contribution in [3.05, 3.63) is 101 Å². The van der Waals surface area contributed by atoms with Gasteiger partial charge < -0.3 is 14.6 Å². The van der Waals surface area contributed by atoms with Gasteiger partial charge in [0.15, 0.2) is 0 Å². The van der Waals surface area contributed by atoms with E-state index in [-0.39, 0.29) is 11.9 Å². The van der Waals surface area contributed by atoms with Crippen molar-refractivity contribution in [3.63, 3.8) is 0 Å². The summed E-state index contributed by atoms with van der Waals surface area (Å²) in [6.07, 6.45) is 0.833. The number of rotatable bonds is 6. The summed E-state index contributed by atoms with van der Waals surface area (Å²) < 4.78 is 25.1. The van der Waals surface area contributed by atoms with E-state index in [1.807, 2.05) is 55.5 Å². The second-order valence-corrected chi connectivity index (χ2v) is 8.45. The van der Waals surface area contributed by atoms with Crippen LogP contribution in [0.2, 0.25) is 0 Å². The van der Waals surface area contributed by atoms with Gasteiger partial charge >= 0.3 is 6.03 Å². The van der Waals surface area contributed by atoms with Gasteiger partial charge in [0.2, 0.25) is 5.82 Å². The Bertz CT molecular complexity index is 1450. The highest BCUT2D eigenvalue weighted by atomic mass is 19.1. The fourth-order valence-corrected chi connectivity index (χ4v) is 4.37. The molecule has 3 aromatic carbocycles. The van der Waals surface area contributed by atoms with Crippen LogP contribution in [0.5, 0.6) is 5.75 Å². The van der Waals surface area contributed by atoms with Gasteiger partial charge in [-0.15, -0.1) is 0 Å². The molecule has 0 fully saturated rings. The Morgan fingerprint density at radius 2 is 1.86 bits per heavy atom. The average Bonchev–Trinajstić information content (AvgIpc) is 3.38. The van der Waals surface area contributed by atoms with E-state index in [4.69, 9.17) is 9.26 Å². The first-order chi connectivity index (χ1) is 17.5. The Morgan fingerprint density at radius 3 is 2.58 bits per heavy atom. The Kier molecular flexibility index (Phi) is 6.25. The molecule has 36 heavy (non-hydrogen) atoms. The lowest BCUT2D eigenvalue weighted by Gasteiger charge is -2.35. The maximum absolute atomic E-state index is 14.2. The number of carbonyl (C=O) groups excluding carboxylic acids is 1. The Hall–Kier alpha value is -4.46. The number of benzene rings is 3. The van der Waals surface area contributed by atoms with Gasteiger partial charge in [-0.05, 0) is 73.0 Å². The van der Waals surface area contributed by atoms with Crippen LogP contribution in [0.15, 0.2) is 83.0 Å². The van der Waals surface area contributed by atoms with Crippen molar-refractivity contribution in [2.75, 3.05) is 12.0 Å². The summed E-state index contributed by atoms with van der Waals surface area (Å²) in [5.41, 5.74) is 4.35. The van der Waals surface area contributed by atoms with Crippen molar-refractivity contribution in [1.29, 1.82) is 0 Å². The Morgan fingerprint density at radius 1 is 1.08 bits per heavy atom. The largest absolute Gasteiger partial charge is 0.497 e. The predicted octanol–water partition coefficient (Wildman–Crippen LogP) is 6.15. The summed E-state index contributed by atoms with van der Waals surface area (Å²) in [5, 5.41) is 7.18. The van der Waals surface area contributed by atoms with Crippen LogP contribution in [0.3, 0.4) is 0 Å². The van der Waals surface area contributed by atoms with E-state index in [2.05, 4.69) is 22.4 Å². The van der Waals surface area contributed by atoms with E-state index in [1.54, 1.807) is 24.1 Å². The highest BCUT2D eigenvalue weighted by Gasteiger charge is 2.36. The van der Waals surface area contributed by atoms with Crippen LogP contribution in [0, 0.1) is 5.82 Å². The molecule has 2 amide bonds. The number of aromatic nitrogens is 2. The van der Waals surface area contributed by atoms with E-state index < -0.39 is 11.9 Å². The number of allylic oxidation sites excluding steroid dienone is 1. The molecule has 0 saturated heterocycles. The van der Waals surface area contributed by atoms with Crippen molar-refractivity contribution in [2.45, 2.75) is 26.3 Å². The number of amides is 2. The first-order valence-corrected chi connectivity index (χ1v) is 11.6. The smallest absolute Gasteiger partial charge is 0.326 e. The third kappa shape index (κ3) is 4.33. The lowest BCUT2D eigenvalue weighted by molar-refractivity contribution is 0.244. The maximum atomic E-state index is 14.2. The molecule has 0 saturated carbocycles. The molecular formula is C28H25FN4O3. The molecule has 5 rings (SSSR count). The van der Waals surface area contributed by atoms with Gasteiger partial charge in [0, 0.05) is 11.3 Å². The molecule has 1 atom stereocenters. The molecule has 1 aromatic heterocycles. The number of halogens is 1. The number of urea groups is 1. The van der Waals surface area contributed by atoms with Gasteiger partial charge in [-0.3, -0.25) is 4.90 Å². The minimum atomic E-state index is -0.678. The van der Waals surface area contributed by atoms with Crippen molar-refractivity contribution < 1.29 is 18.4 Å². The number of nitrogens with one attached hydrogen (secondary N) is 1. The first kappa shape index (κ1) is 23.3. The normalized spacial score (nSPS) is 15.7. The highest BCUT2D eigenvalue weighted by Crippen LogP contribution is 2.39. The zero-order valence-electron chi connectivity index (χ0n) is 20.2. The van der Waals surface area contributed by atoms with Gasteiger partial charge in [-0.2, -0.15) is 4.98 Å². The number of hydrogen-bond donors (Lipinski definition) is 1. The van der Waals surface area contributed by atoms with Crippen LogP contribution >= 0.6 is 0 Å². The van der Waals surface area contributed by atoms with Gasteiger partial charge in [0.05, 0.1) is 24.4 Å². The molecule has 1 N–H and O–H groups in total. The van der Waals surface area contributed by atoms with Crippen LogP contribution in [0.4, 0.5) is 14.9 Å². The molecule has 0 bridgehead atoms. The third-order valence-electron chi connectivity index (χ3n) is 6.25. The van der Waals surface area contributed by atoms with Gasteiger partial charge in [0.1, 0.15) is 11.6 Å². The van der Waals surface area contributed by atoms with Crippen molar-refractivity contribution in [3.8, 4) is 17.1 Å². The van der Waals surface area contributed by atoms with Crippen LogP contribution in [-0.2, 0) is 6.42 Å². The summed E-state index contributed by atoms with van der Waals surface area (Å²) in [7, 11) is 1.60. The fourth-order valence-electron chi connectivity index (χ4n) is 4.37. The minimum absolute atomic E-state index is 0.240. The second-order valence-electron chi connectivity index (χ2n) is 8.45. The summed E-state index contributed by atoms with van der Waals surface area (Å²) in [6, 6.07) is 20.2. The SMILES string of the molecule is CCc1cccc(N2C(=O)NC(c3cccc(F)c3)C(c3nc(-c4ccc(OC)cc4)no3)=C2C)c1. The molecule has 8 heteroatoms. The monoisotopic (exact) mass is 484 g/mol. The zero-order valence-corrected chi connectivity index (χ0v) is 20.2. The molecule has 0 spiro atoms. The predicted molar refractivity (Wildman–Crippen MR) is 135 cm³/mol. The summed E-state index contributed by atoms with van der Waals surface area (Å²) in [4.78, 5) is 19.6. The van der Waals surface area contributed by atoms with E-state index in [0.29, 0.717) is 28.4 Å². The number of ether oxygens (including phenoxy) is 1. The van der Waals surface area contributed by atoms with E-state index in [0.717, 1.165) is 23.2 Å². The summed E-state index contributed by atoms with van der Waals surface area (Å²) in [5.74, 6) is 0.944. The Balaban J connectivity index is 1.64.